The first-order valence-electron chi connectivity index (χ1n) is 9.80. The third-order valence-corrected chi connectivity index (χ3v) is 6.30. The van der Waals surface area contributed by atoms with Gasteiger partial charge in [-0.1, -0.05) is 35.3 Å². The number of hydrogen-bond donors (Lipinski definition) is 0. The maximum Gasteiger partial charge on any atom is 0.324 e. The second-order valence-electron chi connectivity index (χ2n) is 7.74. The van der Waals surface area contributed by atoms with Crippen LogP contribution in [0.1, 0.15) is 22.6 Å². The molecule has 29 heavy (non-hydrogen) atoms. The van der Waals surface area contributed by atoms with Gasteiger partial charge in [-0.25, -0.2) is 4.79 Å². The van der Waals surface area contributed by atoms with Gasteiger partial charge in [-0.3, -0.25) is 4.90 Å². The highest BCUT2D eigenvalue weighted by atomic mass is 35.5. The Labute approximate surface area is 181 Å². The van der Waals surface area contributed by atoms with Crippen LogP contribution in [0.4, 0.5) is 10.5 Å². The number of fused-ring (bicyclic) bond motifs is 1. The van der Waals surface area contributed by atoms with Crippen LogP contribution in [0, 0.1) is 0 Å². The molecule has 0 radical (unpaired) electrons. The molecule has 4 rings (SSSR count). The van der Waals surface area contributed by atoms with Crippen LogP contribution in [0.15, 0.2) is 36.4 Å². The van der Waals surface area contributed by atoms with E-state index in [0.29, 0.717) is 31.3 Å². The van der Waals surface area contributed by atoms with Crippen LogP contribution in [-0.4, -0.2) is 62.8 Å². The Kier molecular flexibility index (Phi) is 6.02. The topological polar surface area (TPSA) is 36.0 Å². The Balaban J connectivity index is 1.58. The fourth-order valence-electron chi connectivity index (χ4n) is 4.14. The summed E-state index contributed by atoms with van der Waals surface area (Å²) in [6.07, 6.45) is 0. The Hall–Kier alpha value is -1.79. The number of urea groups is 1. The minimum absolute atomic E-state index is 0.00218. The number of rotatable bonds is 2. The van der Waals surface area contributed by atoms with Crippen LogP contribution < -0.4 is 4.90 Å². The summed E-state index contributed by atoms with van der Waals surface area (Å²) in [6.45, 7) is 4.17. The average Bonchev–Trinajstić information content (AvgIpc) is 2.73. The first-order valence-corrected chi connectivity index (χ1v) is 10.6. The highest BCUT2D eigenvalue weighted by Gasteiger charge is 2.27. The molecule has 7 heteroatoms. The van der Waals surface area contributed by atoms with Gasteiger partial charge >= 0.3 is 6.03 Å². The Morgan fingerprint density at radius 1 is 1.14 bits per heavy atom. The average molecular weight is 434 g/mol. The molecule has 0 aliphatic carbocycles. The number of hydrogen-bond acceptors (Lipinski definition) is 3. The highest BCUT2D eigenvalue weighted by Crippen LogP contribution is 2.38. The molecule has 2 amide bonds. The number of carbonyl (C=O) groups is 1. The number of benzene rings is 2. The van der Waals surface area contributed by atoms with Crippen molar-refractivity contribution < 1.29 is 9.53 Å². The van der Waals surface area contributed by atoms with Crippen molar-refractivity contribution >= 4 is 34.9 Å². The number of amides is 2. The van der Waals surface area contributed by atoms with Crippen molar-refractivity contribution in [1.82, 2.24) is 9.80 Å². The summed E-state index contributed by atoms with van der Waals surface area (Å²) in [5.74, 6) is 0.189. The molecule has 2 aromatic carbocycles. The van der Waals surface area contributed by atoms with Crippen molar-refractivity contribution in [2.24, 2.45) is 0 Å². The fourth-order valence-corrected chi connectivity index (χ4v) is 4.71. The standard InChI is InChI=1S/C22H25Cl2N3O2/c1-25-13-19(18-11-16(23)12-21(24)20(18)14-25)15-3-5-17(6-4-15)26(2)22(28)27-7-9-29-10-8-27/h3-6,11-12,19H,7-10,13-14H2,1-2H3. The Morgan fingerprint density at radius 3 is 2.52 bits per heavy atom. The van der Waals surface area contributed by atoms with Crippen LogP contribution in [-0.2, 0) is 11.3 Å². The molecular weight excluding hydrogens is 409 g/mol. The number of carbonyl (C=O) groups excluding carboxylic acids is 1. The molecule has 1 fully saturated rings. The van der Waals surface area contributed by atoms with Crippen molar-refractivity contribution in [2.75, 3.05) is 51.8 Å². The van der Waals surface area contributed by atoms with Crippen LogP contribution in [0.3, 0.4) is 0 Å². The first kappa shape index (κ1) is 20.5. The molecule has 0 N–H and O–H groups in total. The van der Waals surface area contributed by atoms with E-state index in [2.05, 4.69) is 24.1 Å². The first-order chi connectivity index (χ1) is 13.9. The second kappa shape index (κ2) is 8.52. The monoisotopic (exact) mass is 433 g/mol. The smallest absolute Gasteiger partial charge is 0.324 e. The van der Waals surface area contributed by atoms with Crippen molar-refractivity contribution in [3.05, 3.63) is 63.1 Å². The lowest BCUT2D eigenvalue weighted by Gasteiger charge is -2.34. The van der Waals surface area contributed by atoms with E-state index in [0.717, 1.165) is 29.4 Å². The third kappa shape index (κ3) is 4.24. The minimum atomic E-state index is 0.00218. The van der Waals surface area contributed by atoms with E-state index >= 15 is 0 Å². The molecule has 2 aliphatic rings. The van der Waals surface area contributed by atoms with Gasteiger partial charge in [0.1, 0.15) is 0 Å². The summed E-state index contributed by atoms with van der Waals surface area (Å²) < 4.78 is 5.34. The molecule has 1 saturated heterocycles. The lowest BCUT2D eigenvalue weighted by molar-refractivity contribution is 0.0551. The predicted molar refractivity (Wildman–Crippen MR) is 117 cm³/mol. The van der Waals surface area contributed by atoms with Gasteiger partial charge in [0.05, 0.1) is 13.2 Å². The molecule has 2 heterocycles. The van der Waals surface area contributed by atoms with Gasteiger partial charge in [0.15, 0.2) is 0 Å². The van der Waals surface area contributed by atoms with Gasteiger partial charge in [0.2, 0.25) is 0 Å². The number of ether oxygens (including phenoxy) is 1. The van der Waals surface area contributed by atoms with Crippen LogP contribution in [0.2, 0.25) is 10.0 Å². The minimum Gasteiger partial charge on any atom is -0.378 e. The van der Waals surface area contributed by atoms with Crippen LogP contribution >= 0.6 is 23.2 Å². The molecule has 5 nitrogen and oxygen atoms in total. The van der Waals surface area contributed by atoms with Crippen LogP contribution in [0.25, 0.3) is 0 Å². The van der Waals surface area contributed by atoms with Crippen LogP contribution in [0.5, 0.6) is 0 Å². The third-order valence-electron chi connectivity index (χ3n) is 5.74. The van der Waals surface area contributed by atoms with Gasteiger partial charge in [-0.2, -0.15) is 0 Å². The van der Waals surface area contributed by atoms with Crippen molar-refractivity contribution in [3.63, 3.8) is 0 Å². The molecule has 1 atom stereocenters. The molecule has 0 aromatic heterocycles. The fraction of sp³-hybridized carbons (Fsp3) is 0.409. The highest BCUT2D eigenvalue weighted by molar-refractivity contribution is 6.35. The number of likely N-dealkylation sites (N-methyl/N-ethyl adjacent to an activating group) is 1. The van der Waals surface area contributed by atoms with E-state index in [-0.39, 0.29) is 11.9 Å². The number of morpholine rings is 1. The summed E-state index contributed by atoms with van der Waals surface area (Å²) in [5, 5.41) is 1.38. The zero-order valence-electron chi connectivity index (χ0n) is 16.7. The van der Waals surface area contributed by atoms with Gasteiger partial charge in [0, 0.05) is 54.9 Å². The van der Waals surface area contributed by atoms with E-state index in [1.165, 1.54) is 11.1 Å². The molecular formula is C22H25Cl2N3O2. The summed E-state index contributed by atoms with van der Waals surface area (Å²) in [5.41, 5.74) is 4.38. The Morgan fingerprint density at radius 2 is 1.83 bits per heavy atom. The van der Waals surface area contributed by atoms with E-state index < -0.39 is 0 Å². The van der Waals surface area contributed by atoms with Gasteiger partial charge in [0.25, 0.3) is 0 Å². The number of anilines is 1. The lowest BCUT2D eigenvalue weighted by atomic mass is 9.84. The SMILES string of the molecule is CN1Cc2c(Cl)cc(Cl)cc2C(c2ccc(N(C)C(=O)N3CCOCC3)cc2)C1. The zero-order chi connectivity index (χ0) is 20.5. The summed E-state index contributed by atoms with van der Waals surface area (Å²) in [4.78, 5) is 18.5. The van der Waals surface area contributed by atoms with Gasteiger partial charge in [-0.05, 0) is 48.0 Å². The Bertz CT molecular complexity index is 898. The van der Waals surface area contributed by atoms with E-state index in [1.54, 1.807) is 4.90 Å². The predicted octanol–water partition coefficient (Wildman–Crippen LogP) is 4.46. The normalized spacial score (nSPS) is 19.7. The van der Waals surface area contributed by atoms with Gasteiger partial charge in [-0.15, -0.1) is 0 Å². The quantitative estimate of drug-likeness (QED) is 0.701. The summed E-state index contributed by atoms with van der Waals surface area (Å²) in [7, 11) is 3.92. The van der Waals surface area contributed by atoms with E-state index in [9.17, 15) is 4.79 Å². The molecule has 0 saturated carbocycles. The number of halogens is 2. The van der Waals surface area contributed by atoms with E-state index in [4.69, 9.17) is 27.9 Å². The molecule has 1 unspecified atom stereocenters. The molecule has 2 aliphatic heterocycles. The van der Waals surface area contributed by atoms with E-state index in [1.807, 2.05) is 36.2 Å². The zero-order valence-corrected chi connectivity index (χ0v) is 18.2. The van der Waals surface area contributed by atoms with Crippen molar-refractivity contribution in [3.8, 4) is 0 Å². The lowest BCUT2D eigenvalue weighted by Crippen LogP contribution is -2.47. The maximum atomic E-state index is 12.7. The maximum absolute atomic E-state index is 12.7. The largest absolute Gasteiger partial charge is 0.378 e. The summed E-state index contributed by atoms with van der Waals surface area (Å²) in [6, 6.07) is 12.1. The second-order valence-corrected chi connectivity index (χ2v) is 8.58. The van der Waals surface area contributed by atoms with Crippen molar-refractivity contribution in [2.45, 2.75) is 12.5 Å². The van der Waals surface area contributed by atoms with Crippen molar-refractivity contribution in [1.29, 1.82) is 0 Å². The van der Waals surface area contributed by atoms with Gasteiger partial charge < -0.3 is 14.5 Å². The molecule has 154 valence electrons. The molecule has 2 aromatic rings. The molecule has 0 bridgehead atoms. The summed E-state index contributed by atoms with van der Waals surface area (Å²) >= 11 is 12.8. The molecule has 0 spiro atoms. The number of nitrogens with zero attached hydrogens (tertiary/aromatic N) is 3.